The number of carbonyl (C=O) groups excluding carboxylic acids is 3. The van der Waals surface area contributed by atoms with E-state index < -0.39 is 29.6 Å². The molecule has 1 unspecified atom stereocenters. The van der Waals surface area contributed by atoms with Crippen molar-refractivity contribution < 1.29 is 18.8 Å². The number of anilines is 2. The van der Waals surface area contributed by atoms with Gasteiger partial charge in [0.1, 0.15) is 23.3 Å². The van der Waals surface area contributed by atoms with E-state index in [-0.39, 0.29) is 17.8 Å². The van der Waals surface area contributed by atoms with Gasteiger partial charge < -0.3 is 16.8 Å². The number of benzene rings is 2. The molecule has 1 aromatic heterocycles. The molecule has 0 bridgehead atoms. The standard InChI is InChI=1S/C21H18FN7O3/c22-12-1-5-15(6-2-12)29-18(20(24)31)11-17(27-29)21(32)25-13-3-7-14(8-4-13)28-10-9-16(26-28)19(23)30/h1-10,18H,11H2,(H2,23,30)(H2,24,31)(H,25,32). The van der Waals surface area contributed by atoms with E-state index in [2.05, 4.69) is 15.5 Å². The molecule has 162 valence electrons. The van der Waals surface area contributed by atoms with Crippen molar-refractivity contribution in [3.8, 4) is 5.69 Å². The molecule has 0 radical (unpaired) electrons. The Morgan fingerprint density at radius 1 is 0.969 bits per heavy atom. The molecule has 1 aliphatic heterocycles. The van der Waals surface area contributed by atoms with Crippen molar-refractivity contribution in [2.75, 3.05) is 10.3 Å². The summed E-state index contributed by atoms with van der Waals surface area (Å²) in [6, 6.07) is 12.7. The lowest BCUT2D eigenvalue weighted by molar-refractivity contribution is -0.119. The molecule has 0 saturated heterocycles. The fourth-order valence-electron chi connectivity index (χ4n) is 3.20. The summed E-state index contributed by atoms with van der Waals surface area (Å²) in [7, 11) is 0. The summed E-state index contributed by atoms with van der Waals surface area (Å²) < 4.78 is 14.7. The lowest BCUT2D eigenvalue weighted by atomic mass is 10.1. The number of aromatic nitrogens is 2. The summed E-state index contributed by atoms with van der Waals surface area (Å²) in [5.41, 5.74) is 12.5. The van der Waals surface area contributed by atoms with Gasteiger partial charge in [-0.1, -0.05) is 0 Å². The summed E-state index contributed by atoms with van der Waals surface area (Å²) in [6.45, 7) is 0. The highest BCUT2D eigenvalue weighted by Gasteiger charge is 2.35. The van der Waals surface area contributed by atoms with Crippen LogP contribution in [0.2, 0.25) is 0 Å². The Bertz CT molecular complexity index is 1220. The quantitative estimate of drug-likeness (QED) is 0.531. The molecule has 0 fully saturated rings. The second-order valence-corrected chi connectivity index (χ2v) is 7.00. The van der Waals surface area contributed by atoms with Crippen LogP contribution in [0.1, 0.15) is 16.9 Å². The summed E-state index contributed by atoms with van der Waals surface area (Å²) in [6.07, 6.45) is 1.61. The zero-order valence-corrected chi connectivity index (χ0v) is 16.6. The van der Waals surface area contributed by atoms with Gasteiger partial charge in [0.05, 0.1) is 11.4 Å². The predicted molar refractivity (Wildman–Crippen MR) is 115 cm³/mol. The maximum atomic E-state index is 13.2. The minimum Gasteiger partial charge on any atom is -0.368 e. The maximum absolute atomic E-state index is 13.2. The Kier molecular flexibility index (Phi) is 5.37. The summed E-state index contributed by atoms with van der Waals surface area (Å²) in [5, 5.41) is 12.3. The van der Waals surface area contributed by atoms with Gasteiger partial charge in [-0.05, 0) is 54.6 Å². The Morgan fingerprint density at radius 3 is 2.22 bits per heavy atom. The minimum absolute atomic E-state index is 0.0137. The summed E-state index contributed by atoms with van der Waals surface area (Å²) in [4.78, 5) is 35.7. The fraction of sp³-hybridized carbons (Fsp3) is 0.0952. The highest BCUT2D eigenvalue weighted by atomic mass is 19.1. The Balaban J connectivity index is 1.49. The van der Waals surface area contributed by atoms with Crippen molar-refractivity contribution in [1.29, 1.82) is 0 Å². The van der Waals surface area contributed by atoms with E-state index in [1.807, 2.05) is 0 Å². The average molecular weight is 435 g/mol. The molecule has 0 aliphatic carbocycles. The van der Waals surface area contributed by atoms with Gasteiger partial charge in [-0.3, -0.25) is 19.4 Å². The van der Waals surface area contributed by atoms with Crippen LogP contribution in [0.4, 0.5) is 15.8 Å². The first-order chi connectivity index (χ1) is 15.3. The molecule has 32 heavy (non-hydrogen) atoms. The first-order valence-electron chi connectivity index (χ1n) is 9.50. The molecule has 4 rings (SSSR count). The first-order valence-corrected chi connectivity index (χ1v) is 9.50. The van der Waals surface area contributed by atoms with E-state index in [0.717, 1.165) is 0 Å². The van der Waals surface area contributed by atoms with Crippen LogP contribution >= 0.6 is 0 Å². The van der Waals surface area contributed by atoms with Gasteiger partial charge >= 0.3 is 0 Å². The van der Waals surface area contributed by atoms with Crippen molar-refractivity contribution in [3.05, 3.63) is 72.3 Å². The number of primary amides is 2. The average Bonchev–Trinajstić information content (AvgIpc) is 3.43. The zero-order chi connectivity index (χ0) is 22.8. The van der Waals surface area contributed by atoms with Crippen molar-refractivity contribution in [2.45, 2.75) is 12.5 Å². The van der Waals surface area contributed by atoms with Crippen molar-refractivity contribution in [1.82, 2.24) is 9.78 Å². The normalized spacial score (nSPS) is 15.3. The third kappa shape index (κ3) is 4.17. The van der Waals surface area contributed by atoms with E-state index in [4.69, 9.17) is 11.5 Å². The third-order valence-corrected chi connectivity index (χ3v) is 4.82. The number of carbonyl (C=O) groups is 3. The molecule has 5 N–H and O–H groups in total. The molecular formula is C21H18FN7O3. The van der Waals surface area contributed by atoms with Gasteiger partial charge in [0.2, 0.25) is 5.91 Å². The van der Waals surface area contributed by atoms with E-state index in [1.165, 1.54) is 40.0 Å². The van der Waals surface area contributed by atoms with Crippen LogP contribution in [0.15, 0.2) is 65.9 Å². The first kappa shape index (κ1) is 20.7. The largest absolute Gasteiger partial charge is 0.368 e. The molecular weight excluding hydrogens is 417 g/mol. The number of amides is 3. The lowest BCUT2D eigenvalue weighted by Crippen LogP contribution is -2.39. The van der Waals surface area contributed by atoms with E-state index in [9.17, 15) is 18.8 Å². The Labute approximate surface area is 181 Å². The second-order valence-electron chi connectivity index (χ2n) is 7.00. The number of hydrazone groups is 1. The minimum atomic E-state index is -0.858. The smallest absolute Gasteiger partial charge is 0.271 e. The summed E-state index contributed by atoms with van der Waals surface area (Å²) in [5.74, 6) is -2.22. The van der Waals surface area contributed by atoms with Crippen LogP contribution in [0, 0.1) is 5.82 Å². The van der Waals surface area contributed by atoms with Crippen LogP contribution < -0.4 is 21.8 Å². The predicted octanol–water partition coefficient (Wildman–Crippen LogP) is 1.17. The van der Waals surface area contributed by atoms with Gasteiger partial charge in [0.25, 0.3) is 11.8 Å². The van der Waals surface area contributed by atoms with Crippen LogP contribution in [0.3, 0.4) is 0 Å². The van der Waals surface area contributed by atoms with Gasteiger partial charge in [-0.25, -0.2) is 9.07 Å². The molecule has 10 nitrogen and oxygen atoms in total. The van der Waals surface area contributed by atoms with Crippen LogP contribution in [0.5, 0.6) is 0 Å². The zero-order valence-electron chi connectivity index (χ0n) is 16.6. The Hall–Kier alpha value is -4.54. The number of nitrogens with two attached hydrogens (primary N) is 2. The monoisotopic (exact) mass is 435 g/mol. The molecule has 0 saturated carbocycles. The second kappa shape index (κ2) is 8.30. The number of hydrogen-bond donors (Lipinski definition) is 3. The number of hydrogen-bond acceptors (Lipinski definition) is 6. The molecule has 1 aliphatic rings. The third-order valence-electron chi connectivity index (χ3n) is 4.82. The van der Waals surface area contributed by atoms with Crippen LogP contribution in [-0.4, -0.2) is 39.3 Å². The van der Waals surface area contributed by atoms with Gasteiger partial charge in [-0.2, -0.15) is 10.2 Å². The Morgan fingerprint density at radius 2 is 1.62 bits per heavy atom. The molecule has 2 aromatic carbocycles. The van der Waals surface area contributed by atoms with E-state index >= 15 is 0 Å². The van der Waals surface area contributed by atoms with Crippen molar-refractivity contribution in [2.24, 2.45) is 16.6 Å². The maximum Gasteiger partial charge on any atom is 0.271 e. The molecule has 0 spiro atoms. The molecule has 3 aromatic rings. The highest BCUT2D eigenvalue weighted by molar-refractivity contribution is 6.44. The molecule has 3 amide bonds. The molecule has 1 atom stereocenters. The number of halogens is 1. The van der Waals surface area contributed by atoms with E-state index in [0.29, 0.717) is 17.1 Å². The molecule has 11 heteroatoms. The van der Waals surface area contributed by atoms with Crippen LogP contribution in [-0.2, 0) is 9.59 Å². The fourth-order valence-corrected chi connectivity index (χ4v) is 3.20. The van der Waals surface area contributed by atoms with Crippen molar-refractivity contribution >= 4 is 34.8 Å². The number of rotatable bonds is 6. The van der Waals surface area contributed by atoms with Gasteiger partial charge in [0.15, 0.2) is 0 Å². The lowest BCUT2D eigenvalue weighted by Gasteiger charge is -2.20. The number of nitrogens with zero attached hydrogens (tertiary/aromatic N) is 4. The highest BCUT2D eigenvalue weighted by Crippen LogP contribution is 2.25. The topological polar surface area (TPSA) is 149 Å². The van der Waals surface area contributed by atoms with Gasteiger partial charge in [-0.15, -0.1) is 0 Å². The van der Waals surface area contributed by atoms with Crippen molar-refractivity contribution in [3.63, 3.8) is 0 Å². The van der Waals surface area contributed by atoms with Crippen LogP contribution in [0.25, 0.3) is 5.69 Å². The molecule has 2 heterocycles. The SMILES string of the molecule is NC(=O)c1ccn(-c2ccc(NC(=O)C3=NN(c4ccc(F)cc4)C(C(N)=O)C3)cc2)n1. The summed E-state index contributed by atoms with van der Waals surface area (Å²) >= 11 is 0. The van der Waals surface area contributed by atoms with Gasteiger partial charge in [0, 0.05) is 18.3 Å². The van der Waals surface area contributed by atoms with E-state index in [1.54, 1.807) is 30.5 Å². The number of nitrogens with one attached hydrogen (secondary N) is 1.